The zero-order valence-electron chi connectivity index (χ0n) is 18.3. The van der Waals surface area contributed by atoms with Crippen molar-refractivity contribution in [3.63, 3.8) is 0 Å². The van der Waals surface area contributed by atoms with Gasteiger partial charge in [0.05, 0.1) is 24.7 Å². The zero-order chi connectivity index (χ0) is 21.0. The second-order valence-electron chi connectivity index (χ2n) is 8.18. The van der Waals surface area contributed by atoms with Crippen LogP contribution in [-0.4, -0.2) is 25.8 Å². The number of phosphoric ester groups is 1. The summed E-state index contributed by atoms with van der Waals surface area (Å²) in [5, 5.41) is 0. The molecule has 6 nitrogen and oxygen atoms in total. The first-order chi connectivity index (χ1) is 14.1. The first-order valence-corrected chi connectivity index (χ1v) is 13.0. The number of phosphoric acid groups is 1. The highest BCUT2D eigenvalue weighted by molar-refractivity contribution is 7.48. The van der Waals surface area contributed by atoms with E-state index in [1.165, 1.54) is 70.6 Å². The number of esters is 1. The van der Waals surface area contributed by atoms with E-state index < -0.39 is 13.8 Å². The SMILES string of the molecule is CCCCCCCCCCCCCCCOP1(=O)OCC2COC(=O)C2=C(C)O1. The summed E-state index contributed by atoms with van der Waals surface area (Å²) in [5.41, 5.74) is 0.423. The molecule has 0 bridgehead atoms. The molecule has 0 aliphatic carbocycles. The number of fused-ring (bicyclic) bond motifs is 1. The second-order valence-corrected chi connectivity index (χ2v) is 9.77. The third-order valence-corrected chi connectivity index (χ3v) is 7.06. The van der Waals surface area contributed by atoms with E-state index in [-0.39, 0.29) is 19.1 Å². The van der Waals surface area contributed by atoms with Gasteiger partial charge in [-0.25, -0.2) is 9.36 Å². The van der Waals surface area contributed by atoms with E-state index in [0.717, 1.165) is 12.8 Å². The smallest absolute Gasteiger partial charge is 0.461 e. The van der Waals surface area contributed by atoms with Gasteiger partial charge in [0.25, 0.3) is 0 Å². The Morgan fingerprint density at radius 2 is 1.45 bits per heavy atom. The highest BCUT2D eigenvalue weighted by Crippen LogP contribution is 2.54. The highest BCUT2D eigenvalue weighted by atomic mass is 31.2. The number of carbonyl (C=O) groups is 1. The first-order valence-electron chi connectivity index (χ1n) is 11.5. The van der Waals surface area contributed by atoms with Crippen LogP contribution in [0.2, 0.25) is 0 Å². The van der Waals surface area contributed by atoms with Crippen LogP contribution in [0.5, 0.6) is 0 Å². The summed E-state index contributed by atoms with van der Waals surface area (Å²) in [7, 11) is -3.64. The quantitative estimate of drug-likeness (QED) is 0.164. The van der Waals surface area contributed by atoms with Crippen LogP contribution in [0.15, 0.2) is 11.3 Å². The highest BCUT2D eigenvalue weighted by Gasteiger charge is 2.42. The van der Waals surface area contributed by atoms with E-state index >= 15 is 0 Å². The van der Waals surface area contributed by atoms with E-state index in [4.69, 9.17) is 18.3 Å². The normalized spacial score (nSPS) is 24.2. The lowest BCUT2D eigenvalue weighted by Gasteiger charge is -2.17. The van der Waals surface area contributed by atoms with E-state index in [1.54, 1.807) is 6.92 Å². The average molecular weight is 431 g/mol. The molecule has 0 aromatic rings. The van der Waals surface area contributed by atoms with Crippen molar-refractivity contribution in [1.29, 1.82) is 0 Å². The number of hydrogen-bond donors (Lipinski definition) is 0. The van der Waals surface area contributed by atoms with Crippen LogP contribution in [-0.2, 0) is 27.7 Å². The Balaban J connectivity index is 1.47. The van der Waals surface area contributed by atoms with Crippen LogP contribution in [0.4, 0.5) is 0 Å². The lowest BCUT2D eigenvalue weighted by Crippen LogP contribution is -2.10. The minimum atomic E-state index is -3.64. The monoisotopic (exact) mass is 430 g/mol. The molecule has 2 rings (SSSR count). The van der Waals surface area contributed by atoms with Crippen LogP contribution in [0.25, 0.3) is 0 Å². The molecule has 0 saturated carbocycles. The van der Waals surface area contributed by atoms with Gasteiger partial charge in [-0.2, -0.15) is 0 Å². The number of hydrogen-bond acceptors (Lipinski definition) is 6. The molecular weight excluding hydrogens is 391 g/mol. The van der Waals surface area contributed by atoms with Crippen LogP contribution < -0.4 is 0 Å². The molecule has 2 atom stereocenters. The fourth-order valence-corrected chi connectivity index (χ4v) is 5.18. The zero-order valence-corrected chi connectivity index (χ0v) is 19.2. The van der Waals surface area contributed by atoms with Crippen molar-refractivity contribution < 1.29 is 27.7 Å². The van der Waals surface area contributed by atoms with E-state index in [9.17, 15) is 9.36 Å². The van der Waals surface area contributed by atoms with Crippen LogP contribution in [0.3, 0.4) is 0 Å². The molecule has 0 amide bonds. The van der Waals surface area contributed by atoms with Crippen molar-refractivity contribution in [3.8, 4) is 0 Å². The van der Waals surface area contributed by atoms with Gasteiger partial charge in [0.15, 0.2) is 0 Å². The summed E-state index contributed by atoms with van der Waals surface area (Å²) >= 11 is 0. The summed E-state index contributed by atoms with van der Waals surface area (Å²) in [6.45, 7) is 4.58. The maximum absolute atomic E-state index is 12.7. The fourth-order valence-electron chi connectivity index (χ4n) is 3.85. The Labute approximate surface area is 176 Å². The molecule has 0 N–H and O–H groups in total. The van der Waals surface area contributed by atoms with Crippen molar-refractivity contribution in [2.45, 2.75) is 97.3 Å². The number of ether oxygens (including phenoxy) is 1. The molecule has 0 radical (unpaired) electrons. The van der Waals surface area contributed by atoms with Crippen LogP contribution >= 0.6 is 7.82 Å². The Hall–Kier alpha value is -0.840. The predicted molar refractivity (Wildman–Crippen MR) is 113 cm³/mol. The molecular formula is C22H39O6P. The lowest BCUT2D eigenvalue weighted by molar-refractivity contribution is -0.135. The number of carbonyl (C=O) groups excluding carboxylic acids is 1. The number of allylic oxidation sites excluding steroid dienone is 1. The first kappa shape index (κ1) is 24.4. The van der Waals surface area contributed by atoms with Crippen molar-refractivity contribution in [2.24, 2.45) is 5.92 Å². The molecule has 2 aliphatic rings. The summed E-state index contributed by atoms with van der Waals surface area (Å²) in [5.74, 6) is -0.344. The van der Waals surface area contributed by atoms with Gasteiger partial charge in [-0.15, -0.1) is 0 Å². The molecule has 0 aromatic heterocycles. The number of rotatable bonds is 15. The van der Waals surface area contributed by atoms with Gasteiger partial charge in [0.2, 0.25) is 0 Å². The van der Waals surface area contributed by atoms with Crippen molar-refractivity contribution in [3.05, 3.63) is 11.3 Å². The maximum atomic E-state index is 12.7. The Morgan fingerprint density at radius 3 is 2.03 bits per heavy atom. The minimum absolute atomic E-state index is 0.119. The maximum Gasteiger partial charge on any atom is 0.529 e. The van der Waals surface area contributed by atoms with Crippen molar-refractivity contribution in [2.75, 3.05) is 19.8 Å². The molecule has 0 aromatic carbocycles. The molecule has 2 unspecified atom stereocenters. The molecule has 1 fully saturated rings. The molecule has 2 aliphatic heterocycles. The van der Waals surface area contributed by atoms with Crippen molar-refractivity contribution in [1.82, 2.24) is 0 Å². The fraction of sp³-hybridized carbons (Fsp3) is 0.864. The predicted octanol–water partition coefficient (Wildman–Crippen LogP) is 6.70. The van der Waals surface area contributed by atoms with Gasteiger partial charge < -0.3 is 9.26 Å². The molecule has 2 heterocycles. The summed E-state index contributed by atoms with van der Waals surface area (Å²) in [4.78, 5) is 11.7. The summed E-state index contributed by atoms with van der Waals surface area (Å²) < 4.78 is 33.9. The Bertz CT molecular complexity index is 574. The molecule has 0 spiro atoms. The standard InChI is InChI=1S/C22H39O6P/c1-3-4-5-6-7-8-9-10-11-12-13-14-15-16-26-29(24)27-18-20-17-25-22(23)21(20)19(2)28-29/h20H,3-18H2,1-2H3. The Morgan fingerprint density at radius 1 is 0.897 bits per heavy atom. The average Bonchev–Trinajstić information content (AvgIpc) is 3.01. The minimum Gasteiger partial charge on any atom is -0.461 e. The molecule has 7 heteroatoms. The van der Waals surface area contributed by atoms with Gasteiger partial charge in [0, 0.05) is 0 Å². The third kappa shape index (κ3) is 8.82. The van der Waals surface area contributed by atoms with E-state index in [1.807, 2.05) is 0 Å². The number of unbranched alkanes of at least 4 members (excludes halogenated alkanes) is 12. The molecule has 29 heavy (non-hydrogen) atoms. The van der Waals surface area contributed by atoms with E-state index in [2.05, 4.69) is 6.92 Å². The molecule has 1 saturated heterocycles. The molecule has 168 valence electrons. The lowest BCUT2D eigenvalue weighted by atomic mass is 10.0. The topological polar surface area (TPSA) is 71.1 Å². The van der Waals surface area contributed by atoms with Gasteiger partial charge in [-0.05, 0) is 13.3 Å². The summed E-state index contributed by atoms with van der Waals surface area (Å²) in [6.07, 6.45) is 16.5. The third-order valence-electron chi connectivity index (χ3n) is 5.60. The van der Waals surface area contributed by atoms with E-state index in [0.29, 0.717) is 17.9 Å². The Kier molecular flexibility index (Phi) is 11.3. The van der Waals surface area contributed by atoms with Crippen LogP contribution in [0.1, 0.15) is 97.3 Å². The second kappa shape index (κ2) is 13.5. The van der Waals surface area contributed by atoms with Gasteiger partial charge in [-0.3, -0.25) is 9.05 Å². The number of cyclic esters (lactones) is 1. The van der Waals surface area contributed by atoms with Crippen molar-refractivity contribution >= 4 is 13.8 Å². The van der Waals surface area contributed by atoms with Crippen LogP contribution in [0, 0.1) is 5.92 Å². The van der Waals surface area contributed by atoms with Gasteiger partial charge in [-0.1, -0.05) is 84.0 Å². The largest absolute Gasteiger partial charge is 0.529 e. The van der Waals surface area contributed by atoms with Gasteiger partial charge in [0.1, 0.15) is 12.4 Å². The summed E-state index contributed by atoms with van der Waals surface area (Å²) in [6, 6.07) is 0. The van der Waals surface area contributed by atoms with Gasteiger partial charge >= 0.3 is 13.8 Å².